The summed E-state index contributed by atoms with van der Waals surface area (Å²) in [5.41, 5.74) is 1.80. The Morgan fingerprint density at radius 1 is 1.28 bits per heavy atom. The van der Waals surface area contributed by atoms with Crippen molar-refractivity contribution in [1.82, 2.24) is 9.88 Å². The fourth-order valence-corrected chi connectivity index (χ4v) is 4.14. The topological polar surface area (TPSA) is 46.3 Å². The van der Waals surface area contributed by atoms with Crippen LogP contribution in [0.15, 0.2) is 52.3 Å². The molecule has 0 unspecified atom stereocenters. The van der Waals surface area contributed by atoms with Crippen LogP contribution in [0, 0.1) is 6.92 Å². The number of amides is 1. The van der Waals surface area contributed by atoms with Crippen molar-refractivity contribution in [3.8, 4) is 10.8 Å². The molecule has 0 bridgehead atoms. The number of furan rings is 1. The number of aromatic nitrogens is 1. The average Bonchev–Trinajstić information content (AvgIpc) is 3.35. The second kappa shape index (κ2) is 6.84. The maximum Gasteiger partial charge on any atom is 0.273 e. The third kappa shape index (κ3) is 3.37. The normalized spacial score (nSPS) is 17.2. The number of thiazole rings is 1. The van der Waals surface area contributed by atoms with Gasteiger partial charge in [-0.1, -0.05) is 30.3 Å². The molecular weight excluding hydrogens is 332 g/mol. The minimum absolute atomic E-state index is 0.0317. The van der Waals surface area contributed by atoms with Gasteiger partial charge in [-0.2, -0.15) is 0 Å². The van der Waals surface area contributed by atoms with Crippen LogP contribution in [0.5, 0.6) is 0 Å². The maximum atomic E-state index is 12.9. The summed E-state index contributed by atoms with van der Waals surface area (Å²) in [6, 6.07) is 14.4. The number of benzene rings is 1. The fraction of sp³-hybridized carbons (Fsp3) is 0.300. The lowest BCUT2D eigenvalue weighted by atomic mass is 10.0. The predicted molar refractivity (Wildman–Crippen MR) is 98.8 cm³/mol. The number of rotatable bonds is 4. The van der Waals surface area contributed by atoms with Crippen molar-refractivity contribution >= 4 is 17.2 Å². The Labute approximate surface area is 151 Å². The summed E-state index contributed by atoms with van der Waals surface area (Å²) in [4.78, 5) is 19.4. The molecule has 0 saturated carbocycles. The van der Waals surface area contributed by atoms with Gasteiger partial charge in [0.15, 0.2) is 10.8 Å². The molecule has 0 N–H and O–H groups in total. The van der Waals surface area contributed by atoms with E-state index in [4.69, 9.17) is 4.42 Å². The summed E-state index contributed by atoms with van der Waals surface area (Å²) < 4.78 is 5.61. The van der Waals surface area contributed by atoms with Gasteiger partial charge in [0.1, 0.15) is 11.5 Å². The van der Waals surface area contributed by atoms with Crippen LogP contribution in [-0.2, 0) is 6.42 Å². The summed E-state index contributed by atoms with van der Waals surface area (Å²) in [6.07, 6.45) is 3.01. The first kappa shape index (κ1) is 16.1. The molecule has 1 aliphatic rings. The summed E-state index contributed by atoms with van der Waals surface area (Å²) in [6.45, 7) is 2.71. The first-order chi connectivity index (χ1) is 12.2. The number of likely N-dealkylation sites (tertiary alicyclic amines) is 1. The van der Waals surface area contributed by atoms with Gasteiger partial charge in [0.05, 0.1) is 0 Å². The smallest absolute Gasteiger partial charge is 0.273 e. The Hall–Kier alpha value is -2.40. The largest absolute Gasteiger partial charge is 0.459 e. The van der Waals surface area contributed by atoms with E-state index in [1.54, 1.807) is 0 Å². The Balaban J connectivity index is 1.51. The molecule has 3 aromatic rings. The second-order valence-electron chi connectivity index (χ2n) is 6.43. The second-order valence-corrected chi connectivity index (χ2v) is 7.29. The van der Waals surface area contributed by atoms with Crippen LogP contribution in [0.1, 0.15) is 34.7 Å². The van der Waals surface area contributed by atoms with E-state index in [1.165, 1.54) is 16.9 Å². The Kier molecular flexibility index (Phi) is 4.40. The molecule has 1 saturated heterocycles. The molecule has 1 amide bonds. The minimum Gasteiger partial charge on any atom is -0.459 e. The number of carbonyl (C=O) groups excluding carboxylic acids is 1. The van der Waals surface area contributed by atoms with Gasteiger partial charge in [0.25, 0.3) is 5.91 Å². The summed E-state index contributed by atoms with van der Waals surface area (Å²) in [5.74, 6) is 1.61. The van der Waals surface area contributed by atoms with Crippen LogP contribution in [0.2, 0.25) is 0 Å². The highest BCUT2D eigenvalue weighted by Crippen LogP contribution is 2.28. The molecular formula is C20H20N2O2S. The van der Waals surface area contributed by atoms with Gasteiger partial charge in [0.2, 0.25) is 0 Å². The molecule has 25 heavy (non-hydrogen) atoms. The van der Waals surface area contributed by atoms with Crippen LogP contribution in [-0.4, -0.2) is 28.4 Å². The Morgan fingerprint density at radius 3 is 2.88 bits per heavy atom. The van der Waals surface area contributed by atoms with Crippen LogP contribution >= 0.6 is 11.3 Å². The third-order valence-electron chi connectivity index (χ3n) is 4.63. The van der Waals surface area contributed by atoms with Crippen molar-refractivity contribution in [2.45, 2.75) is 32.2 Å². The van der Waals surface area contributed by atoms with Crippen LogP contribution in [0.25, 0.3) is 10.8 Å². The highest BCUT2D eigenvalue weighted by atomic mass is 32.1. The zero-order valence-corrected chi connectivity index (χ0v) is 15.0. The minimum atomic E-state index is 0.0317. The van der Waals surface area contributed by atoms with E-state index in [9.17, 15) is 4.79 Å². The molecule has 1 aromatic carbocycles. The van der Waals surface area contributed by atoms with Crippen molar-refractivity contribution in [3.05, 3.63) is 64.9 Å². The zero-order chi connectivity index (χ0) is 17.2. The number of hydrogen-bond acceptors (Lipinski definition) is 4. The van der Waals surface area contributed by atoms with Gasteiger partial charge in [-0.25, -0.2) is 4.98 Å². The molecule has 0 radical (unpaired) electrons. The molecule has 3 heterocycles. The van der Waals surface area contributed by atoms with Crippen LogP contribution in [0.3, 0.4) is 0 Å². The molecule has 0 aliphatic carbocycles. The van der Waals surface area contributed by atoms with Crippen molar-refractivity contribution in [2.75, 3.05) is 6.54 Å². The van der Waals surface area contributed by atoms with Gasteiger partial charge >= 0.3 is 0 Å². The summed E-state index contributed by atoms with van der Waals surface area (Å²) in [7, 11) is 0. The van der Waals surface area contributed by atoms with Crippen molar-refractivity contribution in [2.24, 2.45) is 0 Å². The Bertz CT molecular complexity index is 869. The first-order valence-electron chi connectivity index (χ1n) is 8.58. The lowest BCUT2D eigenvalue weighted by molar-refractivity contribution is 0.0731. The van der Waals surface area contributed by atoms with Gasteiger partial charge in [0, 0.05) is 18.0 Å². The first-order valence-corrected chi connectivity index (χ1v) is 9.46. The number of hydrogen-bond donors (Lipinski definition) is 0. The molecule has 128 valence electrons. The van der Waals surface area contributed by atoms with Crippen molar-refractivity contribution < 1.29 is 9.21 Å². The van der Waals surface area contributed by atoms with Gasteiger partial charge in [-0.15, -0.1) is 11.3 Å². The molecule has 4 nitrogen and oxygen atoms in total. The number of aryl methyl sites for hydroxylation is 1. The van der Waals surface area contributed by atoms with E-state index in [1.807, 2.05) is 35.4 Å². The Morgan fingerprint density at radius 2 is 2.12 bits per heavy atom. The molecule has 2 aromatic heterocycles. The average molecular weight is 352 g/mol. The molecule has 1 aliphatic heterocycles. The lowest BCUT2D eigenvalue weighted by Crippen LogP contribution is -2.37. The van der Waals surface area contributed by atoms with Crippen LogP contribution < -0.4 is 0 Å². The molecule has 1 atom stereocenters. The monoisotopic (exact) mass is 352 g/mol. The van der Waals surface area contributed by atoms with Crippen LogP contribution in [0.4, 0.5) is 0 Å². The van der Waals surface area contributed by atoms with Gasteiger partial charge in [-0.3, -0.25) is 4.79 Å². The van der Waals surface area contributed by atoms with E-state index in [0.717, 1.165) is 42.3 Å². The highest BCUT2D eigenvalue weighted by Gasteiger charge is 2.30. The highest BCUT2D eigenvalue weighted by molar-refractivity contribution is 7.13. The third-order valence-corrected chi connectivity index (χ3v) is 5.48. The summed E-state index contributed by atoms with van der Waals surface area (Å²) >= 11 is 1.46. The SMILES string of the molecule is Cc1ccc(-c2nc(C(=O)N3CCC[C@@H]3Cc3ccccc3)cs2)o1. The van der Waals surface area contributed by atoms with E-state index in [0.29, 0.717) is 5.69 Å². The predicted octanol–water partition coefficient (Wildman–Crippen LogP) is 4.56. The van der Waals surface area contributed by atoms with Gasteiger partial charge in [-0.05, 0) is 43.9 Å². The molecule has 0 spiro atoms. The van der Waals surface area contributed by atoms with E-state index < -0.39 is 0 Å². The standard InChI is InChI=1S/C20H20N2O2S/c1-14-9-10-18(24-14)19-21-17(13-25-19)20(23)22-11-5-8-16(22)12-15-6-3-2-4-7-15/h2-4,6-7,9-10,13,16H,5,8,11-12H2,1H3/t16-/m1/s1. The van der Waals surface area contributed by atoms with E-state index >= 15 is 0 Å². The quantitative estimate of drug-likeness (QED) is 0.691. The van der Waals surface area contributed by atoms with Crippen molar-refractivity contribution in [1.29, 1.82) is 0 Å². The summed E-state index contributed by atoms with van der Waals surface area (Å²) in [5, 5.41) is 2.60. The van der Waals surface area contributed by atoms with Crippen molar-refractivity contribution in [3.63, 3.8) is 0 Å². The molecule has 5 heteroatoms. The molecule has 4 rings (SSSR count). The maximum absolute atomic E-state index is 12.9. The van der Waals surface area contributed by atoms with E-state index in [-0.39, 0.29) is 11.9 Å². The van der Waals surface area contributed by atoms with Gasteiger partial charge < -0.3 is 9.32 Å². The number of nitrogens with zero attached hydrogens (tertiary/aromatic N) is 2. The lowest BCUT2D eigenvalue weighted by Gasteiger charge is -2.24. The number of carbonyl (C=O) groups is 1. The van der Waals surface area contributed by atoms with E-state index in [2.05, 4.69) is 29.2 Å². The fourth-order valence-electron chi connectivity index (χ4n) is 3.38. The molecule has 1 fully saturated rings. The zero-order valence-electron chi connectivity index (χ0n) is 14.1.